The third kappa shape index (κ3) is 0.489. The standard InChI is InChI=1S/C3H3N2O2/c6-4-2-1-3-5(4)7/h1-3H/q-1. The van der Waals surface area contributed by atoms with Gasteiger partial charge < -0.3 is 10.4 Å². The first-order chi connectivity index (χ1) is 3.30. The summed E-state index contributed by atoms with van der Waals surface area (Å²) in [6.07, 6.45) is 2.26. The van der Waals surface area contributed by atoms with E-state index in [1.165, 1.54) is 6.07 Å². The molecule has 0 N–H and O–H groups in total. The zero-order valence-electron chi connectivity index (χ0n) is 3.44. The lowest BCUT2D eigenvalue weighted by Gasteiger charge is -2.01. The van der Waals surface area contributed by atoms with Crippen molar-refractivity contribution in [3.05, 3.63) is 28.9 Å². The van der Waals surface area contributed by atoms with E-state index in [1.807, 2.05) is 0 Å². The van der Waals surface area contributed by atoms with Gasteiger partial charge in [-0.25, -0.2) is 0 Å². The number of aromatic nitrogens is 2. The first-order valence-corrected chi connectivity index (χ1v) is 1.75. The number of nitrogens with zero attached hydrogens (tertiary/aromatic N) is 2. The Hall–Kier alpha value is -1.19. The van der Waals surface area contributed by atoms with E-state index >= 15 is 0 Å². The largest absolute Gasteiger partial charge is 0.758 e. The number of hydrogen-bond donors (Lipinski definition) is 0. The van der Waals surface area contributed by atoms with Crippen molar-refractivity contribution in [3.8, 4) is 0 Å². The Morgan fingerprint density at radius 2 is 2.29 bits per heavy atom. The topological polar surface area (TPSA) is 54.9 Å². The van der Waals surface area contributed by atoms with Gasteiger partial charge in [-0.1, -0.05) is 4.85 Å². The minimum absolute atomic E-state index is 0.194. The van der Waals surface area contributed by atoms with Crippen LogP contribution in [0.1, 0.15) is 0 Å². The predicted octanol–water partition coefficient (Wildman–Crippen LogP) is -0.533. The van der Waals surface area contributed by atoms with E-state index in [-0.39, 0.29) is 9.69 Å². The highest BCUT2D eigenvalue weighted by atomic mass is 16.6. The van der Waals surface area contributed by atoms with Gasteiger partial charge >= 0.3 is 0 Å². The van der Waals surface area contributed by atoms with Crippen molar-refractivity contribution in [1.82, 2.24) is 4.85 Å². The monoisotopic (exact) mass is 99.0 g/mol. The van der Waals surface area contributed by atoms with Crippen LogP contribution in [-0.4, -0.2) is 4.85 Å². The van der Waals surface area contributed by atoms with E-state index in [1.54, 1.807) is 0 Å². The summed E-state index contributed by atoms with van der Waals surface area (Å²) in [6, 6.07) is 1.38. The molecule has 0 spiro atoms. The van der Waals surface area contributed by atoms with Gasteiger partial charge in [-0.3, -0.25) is 0 Å². The Morgan fingerprint density at radius 3 is 2.43 bits per heavy atom. The quantitative estimate of drug-likeness (QED) is 0.324. The molecule has 7 heavy (non-hydrogen) atoms. The Balaban J connectivity index is 3.12. The maximum absolute atomic E-state index is 9.99. The normalized spacial score (nSPS) is 9.14. The number of rotatable bonds is 0. The van der Waals surface area contributed by atoms with Crippen LogP contribution in [0.3, 0.4) is 0 Å². The van der Waals surface area contributed by atoms with Crippen molar-refractivity contribution in [1.29, 1.82) is 0 Å². The first-order valence-electron chi connectivity index (χ1n) is 1.75. The van der Waals surface area contributed by atoms with Gasteiger partial charge in [-0.05, 0) is 0 Å². The SMILES string of the molecule is [O-]n1ccc[n+]1[O-]. The lowest BCUT2D eigenvalue weighted by molar-refractivity contribution is -0.684. The lowest BCUT2D eigenvalue weighted by atomic mass is 10.8. The highest BCUT2D eigenvalue weighted by Gasteiger charge is 1.82. The smallest absolute Gasteiger partial charge is 0.208 e. The van der Waals surface area contributed by atoms with E-state index in [2.05, 4.69) is 0 Å². The van der Waals surface area contributed by atoms with Crippen molar-refractivity contribution >= 4 is 0 Å². The summed E-state index contributed by atoms with van der Waals surface area (Å²) in [7, 11) is 0. The highest BCUT2D eigenvalue weighted by Crippen LogP contribution is 1.72. The molecule has 0 unspecified atom stereocenters. The number of hydrogen-bond acceptors (Lipinski definition) is 2. The van der Waals surface area contributed by atoms with Gasteiger partial charge in [0.25, 0.3) is 0 Å². The van der Waals surface area contributed by atoms with Crippen LogP contribution in [0, 0.1) is 10.4 Å². The van der Waals surface area contributed by atoms with Crippen molar-refractivity contribution in [2.75, 3.05) is 0 Å². The molecule has 0 radical (unpaired) electrons. The first kappa shape index (κ1) is 3.98. The molecule has 1 rings (SSSR count). The fourth-order valence-corrected chi connectivity index (χ4v) is 0.317. The Bertz CT molecular complexity index is 143. The summed E-state index contributed by atoms with van der Waals surface area (Å²) in [5.74, 6) is 0. The summed E-state index contributed by atoms with van der Waals surface area (Å²) in [5, 5.41) is 20.0. The maximum atomic E-state index is 9.99. The fraction of sp³-hybridized carbons (Fsp3) is 0. The molecule has 0 aliphatic carbocycles. The molecule has 0 fully saturated rings. The van der Waals surface area contributed by atoms with Crippen LogP contribution in [-0.2, 0) is 0 Å². The summed E-state index contributed by atoms with van der Waals surface area (Å²) >= 11 is 0. The Kier molecular flexibility index (Phi) is 0.651. The Labute approximate surface area is 39.7 Å². The predicted molar refractivity (Wildman–Crippen MR) is 22.2 cm³/mol. The van der Waals surface area contributed by atoms with Crippen LogP contribution < -0.4 is 4.85 Å². The van der Waals surface area contributed by atoms with Crippen molar-refractivity contribution < 1.29 is 4.85 Å². The zero-order valence-corrected chi connectivity index (χ0v) is 3.44. The van der Waals surface area contributed by atoms with Crippen LogP contribution in [0.5, 0.6) is 0 Å². The second kappa shape index (κ2) is 1.14. The average molecular weight is 99.1 g/mol. The van der Waals surface area contributed by atoms with Crippen molar-refractivity contribution in [3.63, 3.8) is 0 Å². The third-order valence-electron chi connectivity index (χ3n) is 0.621. The average Bonchev–Trinajstić information content (AvgIpc) is 1.91. The van der Waals surface area contributed by atoms with Crippen LogP contribution >= 0.6 is 0 Å². The van der Waals surface area contributed by atoms with E-state index in [9.17, 15) is 10.4 Å². The highest BCUT2D eigenvalue weighted by molar-refractivity contribution is 4.72. The molecule has 1 aromatic rings. The van der Waals surface area contributed by atoms with Crippen LogP contribution in [0.15, 0.2) is 18.5 Å². The third-order valence-corrected chi connectivity index (χ3v) is 0.621. The van der Waals surface area contributed by atoms with Crippen LogP contribution in [0.2, 0.25) is 0 Å². The molecule has 0 aromatic carbocycles. The van der Waals surface area contributed by atoms with Crippen LogP contribution in [0.25, 0.3) is 0 Å². The van der Waals surface area contributed by atoms with E-state index in [0.717, 1.165) is 12.4 Å². The molecule has 1 heterocycles. The molecule has 0 aliphatic heterocycles. The van der Waals surface area contributed by atoms with Gasteiger partial charge in [0.1, 0.15) is 0 Å². The summed E-state index contributed by atoms with van der Waals surface area (Å²) in [6.45, 7) is 0. The van der Waals surface area contributed by atoms with E-state index < -0.39 is 0 Å². The molecule has 1 aromatic heterocycles. The maximum Gasteiger partial charge on any atom is 0.208 e. The molecule has 0 saturated carbocycles. The van der Waals surface area contributed by atoms with Gasteiger partial charge in [0.15, 0.2) is 0 Å². The minimum Gasteiger partial charge on any atom is -0.758 e. The van der Waals surface area contributed by atoms with Gasteiger partial charge in [-0.2, -0.15) is 4.85 Å². The van der Waals surface area contributed by atoms with E-state index in [4.69, 9.17) is 0 Å². The molecule has 0 amide bonds. The molecular weight excluding hydrogens is 96.0 g/mol. The summed E-state index contributed by atoms with van der Waals surface area (Å²) in [4.78, 5) is 0.389. The minimum atomic E-state index is 0.194. The van der Waals surface area contributed by atoms with Crippen molar-refractivity contribution in [2.24, 2.45) is 0 Å². The van der Waals surface area contributed by atoms with E-state index in [0.29, 0.717) is 0 Å². The molecule has 0 saturated heterocycles. The molecular formula is C3H3N2O2-. The molecule has 0 atom stereocenters. The Morgan fingerprint density at radius 1 is 1.57 bits per heavy atom. The van der Waals surface area contributed by atoms with Gasteiger partial charge in [-0.15, -0.1) is 0 Å². The lowest BCUT2D eigenvalue weighted by Crippen LogP contribution is -2.32. The van der Waals surface area contributed by atoms with Gasteiger partial charge in [0.2, 0.25) is 6.20 Å². The summed E-state index contributed by atoms with van der Waals surface area (Å²) < 4.78 is 0. The molecule has 4 nitrogen and oxygen atoms in total. The zero-order chi connectivity index (χ0) is 5.28. The molecule has 0 aliphatic rings. The van der Waals surface area contributed by atoms with Gasteiger partial charge in [0.05, 0.1) is 6.20 Å². The van der Waals surface area contributed by atoms with Gasteiger partial charge in [0, 0.05) is 6.07 Å². The van der Waals surface area contributed by atoms with Crippen molar-refractivity contribution in [2.45, 2.75) is 0 Å². The second-order valence-corrected chi connectivity index (χ2v) is 1.10. The fourth-order valence-electron chi connectivity index (χ4n) is 0.317. The molecule has 38 valence electrons. The molecule has 4 heteroatoms. The second-order valence-electron chi connectivity index (χ2n) is 1.10. The summed E-state index contributed by atoms with van der Waals surface area (Å²) in [5.41, 5.74) is 0. The molecule has 0 bridgehead atoms. The van der Waals surface area contributed by atoms with Crippen LogP contribution in [0.4, 0.5) is 0 Å².